The van der Waals surface area contributed by atoms with E-state index in [0.717, 1.165) is 6.42 Å². The van der Waals surface area contributed by atoms with Gasteiger partial charge in [-0.2, -0.15) is 0 Å². The molecule has 0 aromatic rings. The predicted octanol–water partition coefficient (Wildman–Crippen LogP) is 1.67. The molecule has 1 rings (SSSR count). The van der Waals surface area contributed by atoms with Gasteiger partial charge in [0.15, 0.2) is 0 Å². The molecule has 1 heterocycles. The monoisotopic (exact) mass is 230 g/mol. The number of halogens is 2. The summed E-state index contributed by atoms with van der Waals surface area (Å²) in [6.45, 7) is 0.309. The maximum absolute atomic E-state index is 12.2. The van der Waals surface area contributed by atoms with E-state index in [1.54, 1.807) is 0 Å². The average Bonchev–Trinajstić information content (AvgIpc) is 1.65. The first kappa shape index (κ1) is 6.73. The molecule has 1 nitrogen and oxygen atoms in total. The molecule has 8 heavy (non-hydrogen) atoms. The second kappa shape index (κ2) is 2.47. The van der Waals surface area contributed by atoms with E-state index in [0.29, 0.717) is 13.0 Å². The summed E-state index contributed by atoms with van der Waals surface area (Å²) in [5.74, 6) is 0. The van der Waals surface area contributed by atoms with E-state index >= 15 is 0 Å². The first-order chi connectivity index (χ1) is 3.71. The van der Waals surface area contributed by atoms with E-state index in [4.69, 9.17) is 0 Å². The van der Waals surface area contributed by atoms with Gasteiger partial charge in [0.1, 0.15) is 0 Å². The van der Waals surface area contributed by atoms with Crippen LogP contribution in [0.5, 0.6) is 0 Å². The third-order valence-electron chi connectivity index (χ3n) is 1.18. The zero-order valence-electron chi connectivity index (χ0n) is 4.49. The Balaban J connectivity index is 2.33. The van der Waals surface area contributed by atoms with E-state index in [1.165, 1.54) is 0 Å². The van der Waals surface area contributed by atoms with Crippen LogP contribution in [0.25, 0.3) is 0 Å². The molecule has 0 aromatic carbocycles. The Morgan fingerprint density at radius 3 is 2.25 bits per heavy atom. The molecule has 0 aliphatic carbocycles. The molecule has 48 valence electrons. The Morgan fingerprint density at radius 1 is 1.25 bits per heavy atom. The van der Waals surface area contributed by atoms with Crippen molar-refractivity contribution < 1.29 is 8.81 Å². The van der Waals surface area contributed by atoms with Crippen LogP contribution < -0.4 is 0 Å². The quantitative estimate of drug-likeness (QED) is 0.574. The van der Waals surface area contributed by atoms with Crippen LogP contribution in [0.3, 0.4) is 0 Å². The fourth-order valence-corrected chi connectivity index (χ4v) is 4.29. The summed E-state index contributed by atoms with van der Waals surface area (Å²) < 4.78 is 28.8. The van der Waals surface area contributed by atoms with Gasteiger partial charge >= 0.3 is 52.6 Å². The molecular weight excluding hydrogens is 221 g/mol. The Labute approximate surface area is 53.0 Å². The zero-order chi connectivity index (χ0) is 6.04. The zero-order valence-corrected chi connectivity index (χ0v) is 7.35. The minimum absolute atomic E-state index is 0.106. The van der Waals surface area contributed by atoms with E-state index < -0.39 is 19.9 Å². The van der Waals surface area contributed by atoms with Crippen molar-refractivity contribution in [2.24, 2.45) is 0 Å². The number of hydrogen-bond donors (Lipinski definition) is 0. The van der Waals surface area contributed by atoms with Crippen molar-refractivity contribution in [1.29, 1.82) is 0 Å². The van der Waals surface area contributed by atoms with Crippen LogP contribution >= 0.6 is 0 Å². The van der Waals surface area contributed by atoms with E-state index in [-0.39, 0.29) is 4.44 Å². The van der Waals surface area contributed by atoms with Crippen molar-refractivity contribution in [1.82, 2.24) is 0 Å². The van der Waals surface area contributed by atoms with Gasteiger partial charge in [0, 0.05) is 0 Å². The van der Waals surface area contributed by atoms with E-state index in [1.807, 2.05) is 0 Å². The van der Waals surface area contributed by atoms with Crippen LogP contribution in [0.1, 0.15) is 12.8 Å². The molecule has 0 amide bonds. The van der Waals surface area contributed by atoms with Gasteiger partial charge in [-0.05, 0) is 0 Å². The number of rotatable bonds is 0. The first-order valence-electron chi connectivity index (χ1n) is 2.72. The van der Waals surface area contributed by atoms with E-state index in [2.05, 4.69) is 3.07 Å². The molecule has 1 aliphatic rings. The van der Waals surface area contributed by atoms with Crippen molar-refractivity contribution in [3.8, 4) is 0 Å². The van der Waals surface area contributed by atoms with Crippen LogP contribution in [0.2, 0.25) is 4.44 Å². The molecule has 0 N–H and O–H groups in total. The Bertz CT molecular complexity index is 78.1. The number of hydrogen-bond acceptors (Lipinski definition) is 1. The second-order valence-electron chi connectivity index (χ2n) is 1.94. The van der Waals surface area contributed by atoms with Crippen LogP contribution in [0.15, 0.2) is 0 Å². The maximum atomic E-state index is 12.2. The van der Waals surface area contributed by atoms with Crippen molar-refractivity contribution in [2.75, 3.05) is 6.61 Å². The standard InChI is InChI=1S/C4H8O.2FH.Sn/c1-2-3-4-5;;;/h1-4H2;2*1H;/q-1;;;+3/p-2. The summed E-state index contributed by atoms with van der Waals surface area (Å²) in [7, 11) is 0. The Kier molecular flexibility index (Phi) is 2.08. The van der Waals surface area contributed by atoms with Crippen molar-refractivity contribution in [2.45, 2.75) is 17.3 Å². The summed E-state index contributed by atoms with van der Waals surface area (Å²) in [6, 6.07) is 0. The third kappa shape index (κ3) is 1.85. The van der Waals surface area contributed by atoms with Gasteiger partial charge in [-0.3, -0.25) is 0 Å². The van der Waals surface area contributed by atoms with Gasteiger partial charge in [0.2, 0.25) is 0 Å². The summed E-state index contributed by atoms with van der Waals surface area (Å²) in [5.41, 5.74) is 0. The SMILES string of the molecule is [F][Sn]1([F])[CH2]CCC[O]1. The van der Waals surface area contributed by atoms with Crippen molar-refractivity contribution in [3.05, 3.63) is 0 Å². The first-order valence-corrected chi connectivity index (χ1v) is 8.07. The van der Waals surface area contributed by atoms with Gasteiger partial charge in [0.05, 0.1) is 0 Å². The van der Waals surface area contributed by atoms with Gasteiger partial charge in [-0.15, -0.1) is 0 Å². The normalized spacial score (nSPS) is 27.8. The second-order valence-corrected chi connectivity index (χ2v) is 7.83. The van der Waals surface area contributed by atoms with Crippen LogP contribution in [0.4, 0.5) is 5.73 Å². The average molecular weight is 229 g/mol. The van der Waals surface area contributed by atoms with Gasteiger partial charge < -0.3 is 0 Å². The Morgan fingerprint density at radius 2 is 2.00 bits per heavy atom. The minimum atomic E-state index is -4.74. The summed E-state index contributed by atoms with van der Waals surface area (Å²) >= 11 is -4.74. The van der Waals surface area contributed by atoms with Crippen LogP contribution in [0, 0.1) is 0 Å². The Hall–Kier alpha value is 0.619. The molecule has 1 fully saturated rings. The molecule has 1 saturated heterocycles. The molecule has 0 bridgehead atoms. The molecule has 0 aromatic heterocycles. The molecule has 0 saturated carbocycles. The van der Waals surface area contributed by atoms with Gasteiger partial charge in [0.25, 0.3) is 0 Å². The fourth-order valence-electron chi connectivity index (χ4n) is 0.727. The summed E-state index contributed by atoms with van der Waals surface area (Å²) in [6.07, 6.45) is 1.51. The molecule has 0 spiro atoms. The predicted molar refractivity (Wildman–Crippen MR) is 28.0 cm³/mol. The third-order valence-corrected chi connectivity index (χ3v) is 5.63. The molecule has 0 radical (unpaired) electrons. The molecule has 4 heteroatoms. The summed E-state index contributed by atoms with van der Waals surface area (Å²) in [4.78, 5) is 0. The summed E-state index contributed by atoms with van der Waals surface area (Å²) in [5, 5.41) is 0. The molecule has 0 atom stereocenters. The van der Waals surface area contributed by atoms with Crippen LogP contribution in [-0.2, 0) is 3.07 Å². The van der Waals surface area contributed by atoms with Crippen LogP contribution in [-0.4, -0.2) is 26.5 Å². The van der Waals surface area contributed by atoms with Gasteiger partial charge in [-0.25, -0.2) is 0 Å². The fraction of sp³-hybridized carbons (Fsp3) is 1.00. The molecule has 1 aliphatic heterocycles. The topological polar surface area (TPSA) is 9.23 Å². The van der Waals surface area contributed by atoms with Crippen molar-refractivity contribution >= 4 is 19.9 Å². The molecule has 0 unspecified atom stereocenters. The van der Waals surface area contributed by atoms with Gasteiger partial charge in [-0.1, -0.05) is 0 Å². The molecular formula is C4H8F2OSn. The van der Waals surface area contributed by atoms with E-state index in [9.17, 15) is 5.73 Å². The van der Waals surface area contributed by atoms with Crippen molar-refractivity contribution in [3.63, 3.8) is 0 Å².